The minimum Gasteiger partial charge on any atom is -0.376 e. The summed E-state index contributed by atoms with van der Waals surface area (Å²) in [6, 6.07) is 0.292. The number of hydrogen-bond donors (Lipinski definition) is 2. The van der Waals surface area contributed by atoms with Crippen LogP contribution in [0.2, 0.25) is 0 Å². The van der Waals surface area contributed by atoms with Crippen molar-refractivity contribution in [3.63, 3.8) is 0 Å². The first kappa shape index (κ1) is 18.5. The highest BCUT2D eigenvalue weighted by molar-refractivity contribution is 5.80. The van der Waals surface area contributed by atoms with E-state index >= 15 is 0 Å². The third kappa shape index (κ3) is 5.57. The Morgan fingerprint density at radius 1 is 1.00 bits per heavy atom. The van der Waals surface area contributed by atoms with E-state index < -0.39 is 0 Å². The summed E-state index contributed by atoms with van der Waals surface area (Å²) in [5.41, 5.74) is 0. The Bertz CT molecular complexity index is 440. The average Bonchev–Trinajstić information content (AvgIpc) is 2.68. The number of carbonyl (C=O) groups excluding carboxylic acids is 2. The van der Waals surface area contributed by atoms with Gasteiger partial charge in [0.1, 0.15) is 0 Å². The van der Waals surface area contributed by atoms with Gasteiger partial charge in [0.2, 0.25) is 5.91 Å². The second-order valence-electron chi connectivity index (χ2n) is 7.36. The van der Waals surface area contributed by atoms with Crippen LogP contribution in [-0.2, 0) is 14.3 Å². The normalized spacial score (nSPS) is 26.2. The molecule has 142 valence electrons. The standard InChI is InChI=1S/C18H31N3O4/c22-17(20-15-4-2-1-3-5-15)14-6-8-21(9-7-14)18(23)19-12-16-13-24-10-11-25-16/h14-16H,1-13H2,(H,19,23)(H,20,22). The summed E-state index contributed by atoms with van der Waals surface area (Å²) in [5.74, 6) is 0.223. The summed E-state index contributed by atoms with van der Waals surface area (Å²) >= 11 is 0. The van der Waals surface area contributed by atoms with Crippen LogP contribution in [0.1, 0.15) is 44.9 Å². The molecule has 1 unspecified atom stereocenters. The van der Waals surface area contributed by atoms with Gasteiger partial charge in [0.15, 0.2) is 0 Å². The minimum atomic E-state index is -0.0692. The van der Waals surface area contributed by atoms with Gasteiger partial charge in [-0.15, -0.1) is 0 Å². The van der Waals surface area contributed by atoms with Gasteiger partial charge in [0, 0.05) is 31.6 Å². The number of amides is 3. The van der Waals surface area contributed by atoms with Crippen LogP contribution in [-0.4, -0.2) is 68.4 Å². The van der Waals surface area contributed by atoms with E-state index in [1.165, 1.54) is 19.3 Å². The fourth-order valence-electron chi connectivity index (χ4n) is 3.88. The van der Waals surface area contributed by atoms with Crippen LogP contribution >= 0.6 is 0 Å². The molecule has 7 heteroatoms. The highest BCUT2D eigenvalue weighted by Crippen LogP contribution is 2.21. The van der Waals surface area contributed by atoms with Crippen LogP contribution in [0.4, 0.5) is 4.79 Å². The molecule has 25 heavy (non-hydrogen) atoms. The van der Waals surface area contributed by atoms with E-state index in [9.17, 15) is 9.59 Å². The van der Waals surface area contributed by atoms with Crippen LogP contribution in [0.15, 0.2) is 0 Å². The molecule has 1 atom stereocenters. The van der Waals surface area contributed by atoms with Crippen molar-refractivity contribution >= 4 is 11.9 Å². The van der Waals surface area contributed by atoms with Gasteiger partial charge in [-0.05, 0) is 25.7 Å². The molecule has 2 heterocycles. The molecule has 2 aliphatic heterocycles. The predicted molar refractivity (Wildman–Crippen MR) is 93.3 cm³/mol. The molecule has 0 radical (unpaired) electrons. The topological polar surface area (TPSA) is 79.9 Å². The van der Waals surface area contributed by atoms with Crippen LogP contribution in [0.3, 0.4) is 0 Å². The molecule has 7 nitrogen and oxygen atoms in total. The Hall–Kier alpha value is -1.34. The first-order chi connectivity index (χ1) is 12.2. The zero-order chi connectivity index (χ0) is 17.5. The fraction of sp³-hybridized carbons (Fsp3) is 0.889. The van der Waals surface area contributed by atoms with Gasteiger partial charge in [0.25, 0.3) is 0 Å². The van der Waals surface area contributed by atoms with Crippen molar-refractivity contribution in [2.75, 3.05) is 39.5 Å². The maximum absolute atomic E-state index is 12.4. The van der Waals surface area contributed by atoms with E-state index in [1.807, 2.05) is 0 Å². The van der Waals surface area contributed by atoms with Gasteiger partial charge in [-0.1, -0.05) is 19.3 Å². The number of likely N-dealkylation sites (tertiary alicyclic amines) is 1. The van der Waals surface area contributed by atoms with Crippen LogP contribution in [0.5, 0.6) is 0 Å². The molecule has 1 aliphatic carbocycles. The molecule has 3 amide bonds. The summed E-state index contributed by atoms with van der Waals surface area (Å²) < 4.78 is 10.9. The Kier molecular flexibility index (Phi) is 6.93. The Labute approximate surface area is 149 Å². The summed E-state index contributed by atoms with van der Waals surface area (Å²) in [7, 11) is 0. The third-order valence-corrected chi connectivity index (χ3v) is 5.47. The fourth-order valence-corrected chi connectivity index (χ4v) is 3.88. The molecule has 0 spiro atoms. The number of carbonyl (C=O) groups is 2. The quantitative estimate of drug-likeness (QED) is 0.798. The molecule has 0 aromatic heterocycles. The maximum atomic E-state index is 12.4. The summed E-state index contributed by atoms with van der Waals surface area (Å²) in [5, 5.41) is 6.13. The first-order valence-electron chi connectivity index (χ1n) is 9.75. The molecule has 2 N–H and O–H groups in total. The van der Waals surface area contributed by atoms with Gasteiger partial charge in [-0.2, -0.15) is 0 Å². The zero-order valence-corrected chi connectivity index (χ0v) is 15.0. The molecule has 1 saturated carbocycles. The van der Waals surface area contributed by atoms with Gasteiger partial charge in [-0.25, -0.2) is 4.79 Å². The molecular weight excluding hydrogens is 322 g/mol. The lowest BCUT2D eigenvalue weighted by Gasteiger charge is -2.33. The van der Waals surface area contributed by atoms with Crippen molar-refractivity contribution in [3.05, 3.63) is 0 Å². The van der Waals surface area contributed by atoms with Crippen molar-refractivity contribution < 1.29 is 19.1 Å². The molecule has 3 fully saturated rings. The molecule has 0 aromatic carbocycles. The SMILES string of the molecule is O=C(NC1CCCCC1)C1CCN(C(=O)NCC2COCCO2)CC1. The highest BCUT2D eigenvalue weighted by Gasteiger charge is 2.29. The average molecular weight is 353 g/mol. The van der Waals surface area contributed by atoms with Crippen molar-refractivity contribution in [1.29, 1.82) is 0 Å². The Balaban J connectivity index is 1.34. The number of rotatable bonds is 4. The Morgan fingerprint density at radius 2 is 1.76 bits per heavy atom. The van der Waals surface area contributed by atoms with Crippen LogP contribution < -0.4 is 10.6 Å². The molecule has 3 aliphatic rings. The van der Waals surface area contributed by atoms with Gasteiger partial charge in [-0.3, -0.25) is 4.79 Å². The lowest BCUT2D eigenvalue weighted by molar-refractivity contribution is -0.127. The number of piperidine rings is 1. The van der Waals surface area contributed by atoms with Crippen molar-refractivity contribution in [1.82, 2.24) is 15.5 Å². The van der Waals surface area contributed by atoms with E-state index in [0.717, 1.165) is 25.7 Å². The van der Waals surface area contributed by atoms with E-state index in [0.29, 0.717) is 45.5 Å². The van der Waals surface area contributed by atoms with Crippen molar-refractivity contribution in [3.8, 4) is 0 Å². The number of hydrogen-bond acceptors (Lipinski definition) is 4. The number of ether oxygens (including phenoxy) is 2. The van der Waals surface area contributed by atoms with Crippen LogP contribution in [0.25, 0.3) is 0 Å². The maximum Gasteiger partial charge on any atom is 0.317 e. The summed E-state index contributed by atoms with van der Waals surface area (Å²) in [6.45, 7) is 3.49. The molecule has 2 saturated heterocycles. The largest absolute Gasteiger partial charge is 0.376 e. The Morgan fingerprint density at radius 3 is 2.44 bits per heavy atom. The van der Waals surface area contributed by atoms with Gasteiger partial charge < -0.3 is 25.0 Å². The minimum absolute atomic E-state index is 0.0426. The van der Waals surface area contributed by atoms with E-state index in [-0.39, 0.29) is 24.0 Å². The molecular formula is C18H31N3O4. The summed E-state index contributed by atoms with van der Waals surface area (Å²) in [6.07, 6.45) is 7.39. The molecule has 0 bridgehead atoms. The number of urea groups is 1. The lowest BCUT2D eigenvalue weighted by atomic mass is 9.92. The highest BCUT2D eigenvalue weighted by atomic mass is 16.6. The van der Waals surface area contributed by atoms with Gasteiger partial charge >= 0.3 is 6.03 Å². The zero-order valence-electron chi connectivity index (χ0n) is 15.0. The monoisotopic (exact) mass is 353 g/mol. The first-order valence-corrected chi connectivity index (χ1v) is 9.75. The van der Waals surface area contributed by atoms with Crippen LogP contribution in [0, 0.1) is 5.92 Å². The van der Waals surface area contributed by atoms with Crippen molar-refractivity contribution in [2.45, 2.75) is 57.1 Å². The third-order valence-electron chi connectivity index (χ3n) is 5.47. The second kappa shape index (κ2) is 9.38. The molecule has 3 rings (SSSR count). The molecule has 0 aromatic rings. The van der Waals surface area contributed by atoms with E-state index in [1.54, 1.807) is 4.90 Å². The van der Waals surface area contributed by atoms with Gasteiger partial charge in [0.05, 0.1) is 25.9 Å². The van der Waals surface area contributed by atoms with E-state index in [2.05, 4.69) is 10.6 Å². The summed E-state index contributed by atoms with van der Waals surface area (Å²) in [4.78, 5) is 26.5. The van der Waals surface area contributed by atoms with Crippen molar-refractivity contribution in [2.24, 2.45) is 5.92 Å². The second-order valence-corrected chi connectivity index (χ2v) is 7.36. The predicted octanol–water partition coefficient (Wildman–Crippen LogP) is 1.27. The number of nitrogens with zero attached hydrogens (tertiary/aromatic N) is 1. The van der Waals surface area contributed by atoms with E-state index in [4.69, 9.17) is 9.47 Å². The lowest BCUT2D eigenvalue weighted by Crippen LogP contribution is -2.50. The number of nitrogens with one attached hydrogen (secondary N) is 2. The smallest absolute Gasteiger partial charge is 0.317 e.